The number of nitrogens with zero attached hydrogens (tertiary/aromatic N) is 2. The molecule has 1 amide bonds. The minimum Gasteiger partial charge on any atom is -0.344 e. The van der Waals surface area contributed by atoms with Crippen molar-refractivity contribution in [1.29, 1.82) is 0 Å². The number of benzene rings is 1. The van der Waals surface area contributed by atoms with Gasteiger partial charge in [0.1, 0.15) is 23.5 Å². The summed E-state index contributed by atoms with van der Waals surface area (Å²) >= 11 is 0. The quantitative estimate of drug-likeness (QED) is 0.942. The van der Waals surface area contributed by atoms with Gasteiger partial charge in [0.2, 0.25) is 0 Å². The van der Waals surface area contributed by atoms with Crippen LogP contribution in [-0.2, 0) is 0 Å². The molecule has 22 heavy (non-hydrogen) atoms. The van der Waals surface area contributed by atoms with Crippen LogP contribution in [0.1, 0.15) is 46.7 Å². The lowest BCUT2D eigenvalue weighted by Crippen LogP contribution is -2.27. The van der Waals surface area contributed by atoms with Crippen LogP contribution in [0.3, 0.4) is 0 Å². The van der Waals surface area contributed by atoms with Gasteiger partial charge in [-0.15, -0.1) is 0 Å². The molecule has 2 rings (SSSR count). The Hall–Kier alpha value is -2.44. The van der Waals surface area contributed by atoms with Crippen molar-refractivity contribution < 1.29 is 18.0 Å². The molecule has 0 fully saturated rings. The number of carbonyl (C=O) groups excluding carboxylic acids is 1. The van der Waals surface area contributed by atoms with E-state index in [4.69, 9.17) is 0 Å². The number of halogens is 3. The van der Waals surface area contributed by atoms with Gasteiger partial charge >= 0.3 is 0 Å². The lowest BCUT2D eigenvalue weighted by molar-refractivity contribution is 0.0933. The Kier molecular flexibility index (Phi) is 4.75. The molecule has 0 saturated carbocycles. The van der Waals surface area contributed by atoms with Crippen LogP contribution in [-0.4, -0.2) is 15.9 Å². The molecule has 0 aliphatic heterocycles. The lowest BCUT2D eigenvalue weighted by Gasteiger charge is -2.15. The second-order valence-corrected chi connectivity index (χ2v) is 4.83. The molecular weight excluding hydrogens is 295 g/mol. The zero-order valence-electron chi connectivity index (χ0n) is 12.0. The Bertz CT molecular complexity index is 691. The highest BCUT2D eigenvalue weighted by molar-refractivity contribution is 5.92. The van der Waals surface area contributed by atoms with Gasteiger partial charge < -0.3 is 5.32 Å². The van der Waals surface area contributed by atoms with Gasteiger partial charge in [-0.1, -0.05) is 12.1 Å². The minimum absolute atomic E-state index is 0.143. The summed E-state index contributed by atoms with van der Waals surface area (Å²) < 4.78 is 38.4. The molecule has 116 valence electrons. The Labute approximate surface area is 125 Å². The van der Waals surface area contributed by atoms with E-state index in [2.05, 4.69) is 15.3 Å². The number of aryl methyl sites for hydroxylation is 1. The second-order valence-electron chi connectivity index (χ2n) is 4.83. The van der Waals surface area contributed by atoms with Crippen molar-refractivity contribution in [2.24, 2.45) is 0 Å². The number of amides is 1. The van der Waals surface area contributed by atoms with Gasteiger partial charge in [0.25, 0.3) is 12.3 Å². The molecule has 0 unspecified atom stereocenters. The smallest absolute Gasteiger partial charge is 0.280 e. The summed E-state index contributed by atoms with van der Waals surface area (Å²) in [6.45, 7) is 3.33. The SMILES string of the molecule is Cc1cc([C@@H](C)NC(=O)c2cc(C(F)F)ncn2)ccc1F. The van der Waals surface area contributed by atoms with Gasteiger partial charge in [-0.2, -0.15) is 0 Å². The molecule has 2 aromatic rings. The van der Waals surface area contributed by atoms with E-state index < -0.39 is 24.1 Å². The lowest BCUT2D eigenvalue weighted by atomic mass is 10.1. The molecule has 0 bridgehead atoms. The van der Waals surface area contributed by atoms with E-state index in [1.54, 1.807) is 26.0 Å². The van der Waals surface area contributed by atoms with E-state index >= 15 is 0 Å². The highest BCUT2D eigenvalue weighted by Crippen LogP contribution is 2.18. The maximum Gasteiger partial charge on any atom is 0.280 e. The maximum absolute atomic E-state index is 13.2. The summed E-state index contributed by atoms with van der Waals surface area (Å²) in [6, 6.07) is 5.01. The molecule has 0 spiro atoms. The molecule has 1 heterocycles. The summed E-state index contributed by atoms with van der Waals surface area (Å²) in [4.78, 5) is 19.1. The van der Waals surface area contributed by atoms with E-state index in [1.807, 2.05) is 0 Å². The predicted octanol–water partition coefficient (Wildman–Crippen LogP) is 3.35. The molecule has 1 aromatic heterocycles. The van der Waals surface area contributed by atoms with Crippen molar-refractivity contribution in [3.8, 4) is 0 Å². The first-order valence-corrected chi connectivity index (χ1v) is 6.55. The summed E-state index contributed by atoms with van der Waals surface area (Å²) in [5.41, 5.74) is 0.512. The third-order valence-electron chi connectivity index (χ3n) is 3.17. The number of hydrogen-bond acceptors (Lipinski definition) is 3. The van der Waals surface area contributed by atoms with Crippen LogP contribution < -0.4 is 5.32 Å². The normalized spacial score (nSPS) is 12.3. The molecule has 0 radical (unpaired) electrons. The largest absolute Gasteiger partial charge is 0.344 e. The topological polar surface area (TPSA) is 54.9 Å². The van der Waals surface area contributed by atoms with Crippen molar-refractivity contribution in [3.05, 3.63) is 58.9 Å². The fourth-order valence-corrected chi connectivity index (χ4v) is 1.91. The maximum atomic E-state index is 13.2. The second kappa shape index (κ2) is 6.55. The van der Waals surface area contributed by atoms with Gasteiger partial charge in [0, 0.05) is 0 Å². The van der Waals surface area contributed by atoms with Gasteiger partial charge in [0.15, 0.2) is 0 Å². The van der Waals surface area contributed by atoms with Gasteiger partial charge in [-0.3, -0.25) is 4.79 Å². The van der Waals surface area contributed by atoms with Crippen molar-refractivity contribution in [3.63, 3.8) is 0 Å². The first-order valence-electron chi connectivity index (χ1n) is 6.55. The summed E-state index contributed by atoms with van der Waals surface area (Å²) in [7, 11) is 0. The molecule has 7 heteroatoms. The van der Waals surface area contributed by atoms with Gasteiger partial charge in [-0.05, 0) is 37.1 Å². The van der Waals surface area contributed by atoms with Gasteiger partial charge in [-0.25, -0.2) is 23.1 Å². The number of alkyl halides is 2. The van der Waals surface area contributed by atoms with Crippen LogP contribution >= 0.6 is 0 Å². The number of aromatic nitrogens is 2. The van der Waals surface area contributed by atoms with Crippen LogP contribution in [0.4, 0.5) is 13.2 Å². The highest BCUT2D eigenvalue weighted by atomic mass is 19.3. The van der Waals surface area contributed by atoms with Crippen LogP contribution in [0.2, 0.25) is 0 Å². The van der Waals surface area contributed by atoms with E-state index in [1.165, 1.54) is 6.07 Å². The summed E-state index contributed by atoms with van der Waals surface area (Å²) in [6.07, 6.45) is -1.85. The Morgan fingerprint density at radius 2 is 1.95 bits per heavy atom. The highest BCUT2D eigenvalue weighted by Gasteiger charge is 2.16. The van der Waals surface area contributed by atoms with Gasteiger partial charge in [0.05, 0.1) is 6.04 Å². The third kappa shape index (κ3) is 3.60. The van der Waals surface area contributed by atoms with Crippen LogP contribution in [0.15, 0.2) is 30.6 Å². The fourth-order valence-electron chi connectivity index (χ4n) is 1.91. The van der Waals surface area contributed by atoms with E-state index in [-0.39, 0.29) is 11.5 Å². The molecule has 1 aromatic carbocycles. The molecule has 4 nitrogen and oxygen atoms in total. The van der Waals surface area contributed by atoms with Crippen LogP contribution in [0, 0.1) is 12.7 Å². The monoisotopic (exact) mass is 309 g/mol. The average molecular weight is 309 g/mol. The Morgan fingerprint density at radius 3 is 2.59 bits per heavy atom. The van der Waals surface area contributed by atoms with Crippen molar-refractivity contribution >= 4 is 5.91 Å². The third-order valence-corrected chi connectivity index (χ3v) is 3.17. The van der Waals surface area contributed by atoms with E-state index in [0.29, 0.717) is 11.1 Å². The molecule has 1 atom stereocenters. The number of rotatable bonds is 4. The number of carbonyl (C=O) groups is 1. The Balaban J connectivity index is 2.14. The van der Waals surface area contributed by atoms with Crippen molar-refractivity contribution in [2.45, 2.75) is 26.3 Å². The summed E-state index contributed by atoms with van der Waals surface area (Å²) in [5.74, 6) is -0.932. The molecule has 0 aliphatic rings. The standard InChI is InChI=1S/C15H14F3N3O/c1-8-5-10(3-4-11(8)16)9(2)21-15(22)13-6-12(14(17)18)19-7-20-13/h3-7,9,14H,1-2H3,(H,21,22)/t9-/m1/s1. The molecule has 0 saturated heterocycles. The van der Waals surface area contributed by atoms with Crippen LogP contribution in [0.5, 0.6) is 0 Å². The number of hydrogen-bond donors (Lipinski definition) is 1. The fraction of sp³-hybridized carbons (Fsp3) is 0.267. The first kappa shape index (κ1) is 15.9. The molecule has 1 N–H and O–H groups in total. The average Bonchev–Trinajstić information content (AvgIpc) is 2.50. The van der Waals surface area contributed by atoms with E-state index in [0.717, 1.165) is 12.4 Å². The number of nitrogens with one attached hydrogen (secondary N) is 1. The van der Waals surface area contributed by atoms with E-state index in [9.17, 15) is 18.0 Å². The summed E-state index contributed by atoms with van der Waals surface area (Å²) in [5, 5.41) is 2.63. The van der Waals surface area contributed by atoms with Crippen LogP contribution in [0.25, 0.3) is 0 Å². The molecular formula is C15H14F3N3O. The minimum atomic E-state index is -2.77. The van der Waals surface area contributed by atoms with Crippen molar-refractivity contribution in [1.82, 2.24) is 15.3 Å². The first-order chi connectivity index (χ1) is 10.4. The zero-order chi connectivity index (χ0) is 16.3. The molecule has 0 aliphatic carbocycles. The van der Waals surface area contributed by atoms with Crippen molar-refractivity contribution in [2.75, 3.05) is 0 Å². The predicted molar refractivity (Wildman–Crippen MR) is 74.0 cm³/mol. The zero-order valence-corrected chi connectivity index (χ0v) is 12.0. The Morgan fingerprint density at radius 1 is 1.23 bits per heavy atom.